The van der Waals surface area contributed by atoms with Crippen molar-refractivity contribution in [1.29, 1.82) is 0 Å². The summed E-state index contributed by atoms with van der Waals surface area (Å²) >= 11 is 0. The quantitative estimate of drug-likeness (QED) is 0.264. The SMILES string of the molecule is CCCCOB(O)c1ccc2c(c1)C1(c3ccccc3-c3ccccc31)c1cc(B(O)O)ccc1-2. The van der Waals surface area contributed by atoms with Crippen molar-refractivity contribution < 1.29 is 19.7 Å². The van der Waals surface area contributed by atoms with Gasteiger partial charge in [0.05, 0.1) is 5.41 Å². The number of rotatable bonds is 6. The van der Waals surface area contributed by atoms with Gasteiger partial charge in [-0.2, -0.15) is 0 Å². The highest BCUT2D eigenvalue weighted by molar-refractivity contribution is 6.60. The first-order valence-corrected chi connectivity index (χ1v) is 12.2. The van der Waals surface area contributed by atoms with Gasteiger partial charge in [-0.3, -0.25) is 0 Å². The molecule has 6 rings (SSSR count). The summed E-state index contributed by atoms with van der Waals surface area (Å²) in [5.41, 5.74) is 9.44. The van der Waals surface area contributed by atoms with Crippen LogP contribution < -0.4 is 10.9 Å². The van der Waals surface area contributed by atoms with Gasteiger partial charge in [0.2, 0.25) is 0 Å². The molecule has 0 bridgehead atoms. The van der Waals surface area contributed by atoms with Crippen molar-refractivity contribution in [3.8, 4) is 22.3 Å². The van der Waals surface area contributed by atoms with E-state index >= 15 is 0 Å². The van der Waals surface area contributed by atoms with E-state index in [1.165, 1.54) is 11.1 Å². The van der Waals surface area contributed by atoms with E-state index in [-0.39, 0.29) is 0 Å². The molecule has 0 atom stereocenters. The molecule has 0 aliphatic heterocycles. The summed E-state index contributed by atoms with van der Waals surface area (Å²) in [4.78, 5) is 0. The van der Waals surface area contributed by atoms with Crippen molar-refractivity contribution in [3.63, 3.8) is 0 Å². The van der Waals surface area contributed by atoms with Crippen LogP contribution in [-0.2, 0) is 10.1 Å². The van der Waals surface area contributed by atoms with Gasteiger partial charge in [0.1, 0.15) is 0 Å². The van der Waals surface area contributed by atoms with Gasteiger partial charge in [-0.25, -0.2) is 0 Å². The molecule has 0 saturated carbocycles. The highest BCUT2D eigenvalue weighted by Gasteiger charge is 2.52. The molecular formula is C29H26B2O4. The first-order chi connectivity index (χ1) is 17.1. The van der Waals surface area contributed by atoms with E-state index in [2.05, 4.69) is 67.6 Å². The van der Waals surface area contributed by atoms with Crippen molar-refractivity contribution in [2.24, 2.45) is 0 Å². The summed E-state index contributed by atoms with van der Waals surface area (Å²) in [5.74, 6) is 0. The maximum absolute atomic E-state index is 10.8. The van der Waals surface area contributed by atoms with Crippen molar-refractivity contribution in [2.45, 2.75) is 25.2 Å². The summed E-state index contributed by atoms with van der Waals surface area (Å²) in [7, 11) is -2.56. The zero-order valence-corrected chi connectivity index (χ0v) is 19.6. The predicted octanol–water partition coefficient (Wildman–Crippen LogP) is 3.21. The average molecular weight is 460 g/mol. The molecule has 1 spiro atoms. The molecule has 2 aliphatic rings. The minimum Gasteiger partial charge on any atom is -0.423 e. The Hall–Kier alpha value is -3.15. The van der Waals surface area contributed by atoms with Gasteiger partial charge in [-0.05, 0) is 61.9 Å². The highest BCUT2D eigenvalue weighted by Crippen LogP contribution is 2.62. The highest BCUT2D eigenvalue weighted by atomic mass is 16.5. The van der Waals surface area contributed by atoms with Crippen molar-refractivity contribution >= 4 is 25.2 Å². The normalized spacial score (nSPS) is 13.8. The maximum atomic E-state index is 10.8. The molecule has 0 unspecified atom stereocenters. The number of hydrogen-bond acceptors (Lipinski definition) is 4. The predicted molar refractivity (Wildman–Crippen MR) is 141 cm³/mol. The third-order valence-corrected chi connectivity index (χ3v) is 7.49. The van der Waals surface area contributed by atoms with Crippen LogP contribution in [0.15, 0.2) is 84.9 Å². The van der Waals surface area contributed by atoms with Crippen molar-refractivity contribution in [3.05, 3.63) is 107 Å². The van der Waals surface area contributed by atoms with E-state index in [1.807, 2.05) is 18.2 Å². The van der Waals surface area contributed by atoms with Crippen LogP contribution in [0.5, 0.6) is 0 Å². The van der Waals surface area contributed by atoms with Crippen molar-refractivity contribution in [2.75, 3.05) is 6.61 Å². The molecule has 0 radical (unpaired) electrons. The van der Waals surface area contributed by atoms with Gasteiger partial charge < -0.3 is 19.7 Å². The molecule has 172 valence electrons. The lowest BCUT2D eigenvalue weighted by Crippen LogP contribution is -2.36. The van der Waals surface area contributed by atoms with Crippen LogP contribution in [-0.4, -0.2) is 35.9 Å². The number of unbranched alkanes of at least 4 members (excludes halogenated alkanes) is 1. The molecule has 0 aromatic heterocycles. The molecule has 0 heterocycles. The van der Waals surface area contributed by atoms with Crippen LogP contribution in [0.25, 0.3) is 22.3 Å². The first kappa shape index (κ1) is 22.3. The minimum atomic E-state index is -1.56. The Kier molecular flexibility index (Phi) is 5.42. The molecule has 0 fully saturated rings. The molecule has 2 aliphatic carbocycles. The molecule has 3 N–H and O–H groups in total. The third kappa shape index (κ3) is 3.18. The molecule has 4 aromatic carbocycles. The Balaban J connectivity index is 1.65. The van der Waals surface area contributed by atoms with Gasteiger partial charge in [-0.15, -0.1) is 0 Å². The Morgan fingerprint density at radius 1 is 0.657 bits per heavy atom. The van der Waals surface area contributed by atoms with Crippen LogP contribution in [0.1, 0.15) is 42.0 Å². The molecule has 4 nitrogen and oxygen atoms in total. The van der Waals surface area contributed by atoms with Crippen LogP contribution >= 0.6 is 0 Å². The van der Waals surface area contributed by atoms with Gasteiger partial charge in [0, 0.05) is 6.61 Å². The summed E-state index contributed by atoms with van der Waals surface area (Å²) in [6.45, 7) is 2.60. The molecule has 4 aromatic rings. The van der Waals surface area contributed by atoms with E-state index < -0.39 is 19.7 Å². The molecule has 6 heteroatoms. The van der Waals surface area contributed by atoms with E-state index in [1.54, 1.807) is 6.07 Å². The Labute approximate surface area is 206 Å². The van der Waals surface area contributed by atoms with E-state index in [9.17, 15) is 15.1 Å². The minimum absolute atomic E-state index is 0.459. The number of benzene rings is 4. The number of fused-ring (bicyclic) bond motifs is 10. The molecule has 35 heavy (non-hydrogen) atoms. The van der Waals surface area contributed by atoms with Crippen molar-refractivity contribution in [1.82, 2.24) is 0 Å². The second-order valence-electron chi connectivity index (χ2n) is 9.40. The summed E-state index contributed by atoms with van der Waals surface area (Å²) in [6, 6.07) is 28.6. The summed E-state index contributed by atoms with van der Waals surface area (Å²) in [6.07, 6.45) is 1.90. The van der Waals surface area contributed by atoms with Gasteiger partial charge in [-0.1, -0.05) is 98.3 Å². The topological polar surface area (TPSA) is 69.9 Å². The van der Waals surface area contributed by atoms with E-state index in [0.717, 1.165) is 51.7 Å². The molecular weight excluding hydrogens is 434 g/mol. The Bertz CT molecular complexity index is 1390. The van der Waals surface area contributed by atoms with Crippen LogP contribution in [0.2, 0.25) is 0 Å². The van der Waals surface area contributed by atoms with Crippen LogP contribution in [0.3, 0.4) is 0 Å². The smallest absolute Gasteiger partial charge is 0.423 e. The zero-order valence-electron chi connectivity index (χ0n) is 19.6. The monoisotopic (exact) mass is 460 g/mol. The molecule has 0 amide bonds. The lowest BCUT2D eigenvalue weighted by Gasteiger charge is -2.31. The van der Waals surface area contributed by atoms with Crippen LogP contribution in [0.4, 0.5) is 0 Å². The fraction of sp³-hybridized carbons (Fsp3) is 0.172. The third-order valence-electron chi connectivity index (χ3n) is 7.49. The Morgan fingerprint density at radius 3 is 1.74 bits per heavy atom. The van der Waals surface area contributed by atoms with Gasteiger partial charge in [0.25, 0.3) is 0 Å². The summed E-state index contributed by atoms with van der Waals surface area (Å²) < 4.78 is 5.74. The largest absolute Gasteiger partial charge is 0.491 e. The average Bonchev–Trinajstić information content (AvgIpc) is 3.35. The zero-order chi connectivity index (χ0) is 24.2. The standard InChI is InChI=1S/C29H26B2O4/c1-2-3-16-35-31(34)20-13-15-24-23-14-12-19(30(32)33)17-27(23)29(28(24)18-20)25-10-6-4-8-21(25)22-9-5-7-11-26(22)29/h4-15,17-18,32-34H,2-3,16H2,1H3. The summed E-state index contributed by atoms with van der Waals surface area (Å²) in [5, 5.41) is 30.9. The van der Waals surface area contributed by atoms with E-state index in [4.69, 9.17) is 4.65 Å². The van der Waals surface area contributed by atoms with Gasteiger partial charge in [0.15, 0.2) is 0 Å². The second-order valence-corrected chi connectivity index (χ2v) is 9.40. The fourth-order valence-electron chi connectivity index (χ4n) is 5.92. The Morgan fingerprint density at radius 2 is 1.17 bits per heavy atom. The first-order valence-electron chi connectivity index (χ1n) is 12.2. The molecule has 0 saturated heterocycles. The lowest BCUT2D eigenvalue weighted by atomic mass is 9.67. The van der Waals surface area contributed by atoms with E-state index in [0.29, 0.717) is 12.1 Å². The fourth-order valence-corrected chi connectivity index (χ4v) is 5.92. The maximum Gasteiger partial charge on any atom is 0.491 e. The lowest BCUT2D eigenvalue weighted by molar-refractivity contribution is 0.264. The van der Waals surface area contributed by atoms with Crippen LogP contribution in [0, 0.1) is 0 Å². The van der Waals surface area contributed by atoms with Gasteiger partial charge >= 0.3 is 14.2 Å². The number of hydrogen-bond donors (Lipinski definition) is 3. The second kappa shape index (κ2) is 8.51.